The second-order valence-corrected chi connectivity index (χ2v) is 31.5. The van der Waals surface area contributed by atoms with Gasteiger partial charge in [0.05, 0.1) is 26.4 Å². The summed E-state index contributed by atoms with van der Waals surface area (Å²) in [7, 11) is -9.91. The molecule has 0 fully saturated rings. The number of aliphatic hydroxyl groups is 1. The van der Waals surface area contributed by atoms with Crippen molar-refractivity contribution in [1.82, 2.24) is 0 Å². The number of phosphoric ester groups is 2. The van der Waals surface area contributed by atoms with E-state index < -0.39 is 97.5 Å². The van der Waals surface area contributed by atoms with Gasteiger partial charge in [0.2, 0.25) is 0 Å². The van der Waals surface area contributed by atoms with Crippen molar-refractivity contribution in [3.05, 3.63) is 0 Å². The lowest BCUT2D eigenvalue weighted by Crippen LogP contribution is -2.30. The van der Waals surface area contributed by atoms with E-state index in [1.54, 1.807) is 0 Å². The second-order valence-electron chi connectivity index (χ2n) is 28.6. The lowest BCUT2D eigenvalue weighted by molar-refractivity contribution is -0.161. The number of carbonyl (C=O) groups excluding carboxylic acids is 4. The predicted molar refractivity (Wildman–Crippen MR) is 377 cm³/mol. The Morgan fingerprint density at radius 3 is 0.667 bits per heavy atom. The summed E-state index contributed by atoms with van der Waals surface area (Å²) < 4.78 is 68.5. The number of esters is 4. The van der Waals surface area contributed by atoms with Crippen molar-refractivity contribution in [3.8, 4) is 0 Å². The first kappa shape index (κ1) is 91.1. The molecule has 0 aromatic rings. The summed E-state index contributed by atoms with van der Waals surface area (Å²) in [4.78, 5) is 72.7. The Balaban J connectivity index is 5.26. The average Bonchev–Trinajstić information content (AvgIpc) is 2.48. The number of phosphoric acid groups is 2. The van der Waals surface area contributed by atoms with Gasteiger partial charge in [0.15, 0.2) is 12.2 Å². The molecule has 93 heavy (non-hydrogen) atoms. The fraction of sp³-hybridized carbons (Fsp3) is 0.946. The van der Waals surface area contributed by atoms with E-state index in [1.165, 1.54) is 167 Å². The van der Waals surface area contributed by atoms with Crippen LogP contribution in [-0.4, -0.2) is 96.7 Å². The molecule has 0 bridgehead atoms. The van der Waals surface area contributed by atoms with Crippen molar-refractivity contribution in [2.24, 2.45) is 23.7 Å². The van der Waals surface area contributed by atoms with Gasteiger partial charge in [-0.25, -0.2) is 9.13 Å². The quantitative estimate of drug-likeness (QED) is 0.0222. The fourth-order valence-electron chi connectivity index (χ4n) is 11.2. The smallest absolute Gasteiger partial charge is 0.462 e. The molecule has 0 amide bonds. The molecule has 0 saturated heterocycles. The van der Waals surface area contributed by atoms with E-state index in [4.69, 9.17) is 37.0 Å². The Hall–Kier alpha value is -1.94. The number of hydrogen-bond acceptors (Lipinski definition) is 15. The minimum atomic E-state index is -4.96. The highest BCUT2D eigenvalue weighted by atomic mass is 31.2. The van der Waals surface area contributed by atoms with Crippen molar-refractivity contribution >= 4 is 39.5 Å². The summed E-state index contributed by atoms with van der Waals surface area (Å²) >= 11 is 0. The lowest BCUT2D eigenvalue weighted by atomic mass is 10.0. The molecule has 3 N–H and O–H groups in total. The van der Waals surface area contributed by atoms with Crippen LogP contribution in [0.1, 0.15) is 370 Å². The van der Waals surface area contributed by atoms with E-state index in [2.05, 4.69) is 55.4 Å². The SMILES string of the molecule is CC(C)CCCCCCCCCCCCCCC(=O)O[C@H](COC(=O)CCCCCCCCCC(C)C)COP(=O)(O)OCC(O)COP(=O)(O)OC[C@@H](COC(=O)CCCCCCCCCCCCCC(C)C)OC(=O)CCCCCCCCCCCCCC(C)C. The Morgan fingerprint density at radius 2 is 0.452 bits per heavy atom. The predicted octanol–water partition coefficient (Wildman–Crippen LogP) is 21.3. The highest BCUT2D eigenvalue weighted by Crippen LogP contribution is 2.45. The zero-order chi connectivity index (χ0) is 68.9. The largest absolute Gasteiger partial charge is 0.472 e. The van der Waals surface area contributed by atoms with Gasteiger partial charge in [-0.15, -0.1) is 0 Å². The normalized spacial score (nSPS) is 14.2. The maximum absolute atomic E-state index is 13.1. The lowest BCUT2D eigenvalue weighted by Gasteiger charge is -2.21. The molecule has 19 heteroatoms. The summed E-state index contributed by atoms with van der Waals surface area (Å²) in [5, 5.41) is 10.6. The Labute approximate surface area is 568 Å². The minimum absolute atomic E-state index is 0.106. The van der Waals surface area contributed by atoms with Gasteiger partial charge in [0.1, 0.15) is 19.3 Å². The van der Waals surface area contributed by atoms with Crippen LogP contribution in [0.5, 0.6) is 0 Å². The zero-order valence-corrected chi connectivity index (χ0v) is 62.7. The molecule has 552 valence electrons. The Bertz CT molecular complexity index is 1830. The molecule has 5 atom stereocenters. The van der Waals surface area contributed by atoms with E-state index >= 15 is 0 Å². The van der Waals surface area contributed by atoms with Gasteiger partial charge in [0.25, 0.3) is 0 Å². The van der Waals surface area contributed by atoms with Crippen molar-refractivity contribution in [1.29, 1.82) is 0 Å². The van der Waals surface area contributed by atoms with E-state index in [-0.39, 0.29) is 25.7 Å². The Kier molecular flexibility index (Phi) is 62.2. The van der Waals surface area contributed by atoms with Crippen LogP contribution < -0.4 is 0 Å². The first-order valence-electron chi connectivity index (χ1n) is 38.2. The van der Waals surface area contributed by atoms with Crippen LogP contribution >= 0.6 is 15.6 Å². The molecule has 0 spiro atoms. The van der Waals surface area contributed by atoms with Crippen LogP contribution in [0.25, 0.3) is 0 Å². The van der Waals surface area contributed by atoms with Crippen molar-refractivity contribution in [2.45, 2.75) is 388 Å². The number of aliphatic hydroxyl groups excluding tert-OH is 1. The highest BCUT2D eigenvalue weighted by Gasteiger charge is 2.30. The molecule has 0 aliphatic heterocycles. The van der Waals surface area contributed by atoms with Gasteiger partial charge in [0, 0.05) is 25.7 Å². The molecule has 3 unspecified atom stereocenters. The highest BCUT2D eigenvalue weighted by molar-refractivity contribution is 7.47. The first-order valence-corrected chi connectivity index (χ1v) is 41.2. The molecule has 0 saturated carbocycles. The topological polar surface area (TPSA) is 237 Å². The fourth-order valence-corrected chi connectivity index (χ4v) is 12.8. The van der Waals surface area contributed by atoms with E-state index in [0.29, 0.717) is 31.6 Å². The molecule has 0 radical (unpaired) electrons. The van der Waals surface area contributed by atoms with Crippen LogP contribution in [0, 0.1) is 23.7 Å². The third kappa shape index (κ3) is 68.4. The van der Waals surface area contributed by atoms with Crippen LogP contribution in [-0.2, 0) is 65.4 Å². The van der Waals surface area contributed by atoms with Crippen LogP contribution in [0.2, 0.25) is 0 Å². The van der Waals surface area contributed by atoms with Crippen molar-refractivity contribution in [3.63, 3.8) is 0 Å². The van der Waals surface area contributed by atoms with Crippen LogP contribution in [0.3, 0.4) is 0 Å². The molecule has 0 aliphatic carbocycles. The van der Waals surface area contributed by atoms with Gasteiger partial charge in [-0.3, -0.25) is 37.3 Å². The van der Waals surface area contributed by atoms with Gasteiger partial charge < -0.3 is 33.8 Å². The minimum Gasteiger partial charge on any atom is -0.462 e. The van der Waals surface area contributed by atoms with Gasteiger partial charge in [-0.2, -0.15) is 0 Å². The second kappa shape index (κ2) is 63.5. The zero-order valence-electron chi connectivity index (χ0n) is 60.9. The summed E-state index contributed by atoms with van der Waals surface area (Å²) in [6, 6.07) is 0. The first-order chi connectivity index (χ1) is 44.6. The molecule has 17 nitrogen and oxygen atoms in total. The number of hydrogen-bond donors (Lipinski definition) is 3. The van der Waals surface area contributed by atoms with Gasteiger partial charge in [-0.1, -0.05) is 319 Å². The number of carbonyl (C=O) groups is 4. The summed E-state index contributed by atoms with van der Waals surface area (Å²) in [5.41, 5.74) is 0. The Morgan fingerprint density at radius 1 is 0.269 bits per heavy atom. The van der Waals surface area contributed by atoms with Gasteiger partial charge in [-0.05, 0) is 49.4 Å². The molecule has 0 rings (SSSR count). The van der Waals surface area contributed by atoms with Crippen molar-refractivity contribution < 1.29 is 80.2 Å². The van der Waals surface area contributed by atoms with E-state index in [1.807, 2.05) is 0 Å². The molecule has 0 aromatic carbocycles. The number of unbranched alkanes of at least 4 members (excludes halogenated alkanes) is 37. The van der Waals surface area contributed by atoms with Crippen molar-refractivity contribution in [2.75, 3.05) is 39.6 Å². The third-order valence-electron chi connectivity index (χ3n) is 17.1. The van der Waals surface area contributed by atoms with Crippen LogP contribution in [0.15, 0.2) is 0 Å². The summed E-state index contributed by atoms with van der Waals surface area (Å²) in [6.07, 6.45) is 47.2. The summed E-state index contributed by atoms with van der Waals surface area (Å²) in [6.45, 7) is 14.1. The van der Waals surface area contributed by atoms with Crippen LogP contribution in [0.4, 0.5) is 0 Å². The summed E-state index contributed by atoms with van der Waals surface area (Å²) in [5.74, 6) is 0.895. The van der Waals surface area contributed by atoms with E-state index in [0.717, 1.165) is 114 Å². The molecule has 0 aromatic heterocycles. The number of ether oxygens (including phenoxy) is 4. The molecular formula is C74H144O17P2. The van der Waals surface area contributed by atoms with Gasteiger partial charge >= 0.3 is 39.5 Å². The molecular weight excluding hydrogens is 1220 g/mol. The third-order valence-corrected chi connectivity index (χ3v) is 19.0. The molecule has 0 aliphatic rings. The standard InChI is InChI=1S/C74H144O17P2/c1-64(2)50-42-34-26-19-13-9-10-16-23-31-40-48-56-73(78)91-70(61-85-72(77)55-47-39-33-25-29-37-45-53-67(7)8)63-89-93(82,83)87-59-68(75)58-86-92(80,81)88-62-69(90-74(79)57-49-41-32-24-18-12-15-21-28-36-44-52-66(5)6)60-84-71(76)54-46-38-30-22-17-11-14-20-27-35-43-51-65(3)4/h64-70,75H,9-63H2,1-8H3,(H,80,81)(H,82,83)/t68?,69-,70-/m1/s1. The maximum atomic E-state index is 13.1. The monoisotopic (exact) mass is 1370 g/mol. The molecule has 0 heterocycles. The van der Waals surface area contributed by atoms with E-state index in [9.17, 15) is 43.2 Å². The average molecular weight is 1370 g/mol. The maximum Gasteiger partial charge on any atom is 0.472 e. The number of rotatable bonds is 71.